The van der Waals surface area contributed by atoms with Crippen LogP contribution in [0.5, 0.6) is 5.75 Å². The average Bonchev–Trinajstić information content (AvgIpc) is 2.75. The largest absolute Gasteiger partial charge is 0.496 e. The van der Waals surface area contributed by atoms with Gasteiger partial charge in [-0.2, -0.15) is 0 Å². The fraction of sp³-hybridized carbons (Fsp3) is 0.0870. The first-order chi connectivity index (χ1) is 14.9. The van der Waals surface area contributed by atoms with Crippen LogP contribution >= 0.6 is 11.6 Å². The minimum atomic E-state index is -0.655. The van der Waals surface area contributed by atoms with Gasteiger partial charge in [0.25, 0.3) is 11.5 Å². The van der Waals surface area contributed by atoms with Gasteiger partial charge >= 0.3 is 0 Å². The molecular formula is C23H17ClFN3O3. The fourth-order valence-corrected chi connectivity index (χ4v) is 3.52. The number of para-hydroxylation sites is 1. The number of rotatable bonds is 4. The molecule has 4 rings (SSSR count). The van der Waals surface area contributed by atoms with E-state index in [1.54, 1.807) is 43.3 Å². The Hall–Kier alpha value is -3.71. The number of carbonyl (C=O) groups excluding carboxylic acids is 1. The number of aryl methyl sites for hydroxylation is 1. The smallest absolute Gasteiger partial charge is 0.265 e. The van der Waals surface area contributed by atoms with Crippen molar-refractivity contribution >= 4 is 34.1 Å². The van der Waals surface area contributed by atoms with E-state index in [4.69, 9.17) is 16.3 Å². The molecule has 0 atom stereocenters. The molecule has 1 N–H and O–H groups in total. The van der Waals surface area contributed by atoms with Gasteiger partial charge in [0.05, 0.1) is 35.0 Å². The van der Waals surface area contributed by atoms with Crippen LogP contribution in [0.25, 0.3) is 16.6 Å². The molecule has 0 aliphatic heterocycles. The van der Waals surface area contributed by atoms with Gasteiger partial charge in [0.1, 0.15) is 17.4 Å². The van der Waals surface area contributed by atoms with E-state index in [1.165, 1.54) is 35.9 Å². The van der Waals surface area contributed by atoms with E-state index in [2.05, 4.69) is 10.3 Å². The molecule has 31 heavy (non-hydrogen) atoms. The van der Waals surface area contributed by atoms with Crippen molar-refractivity contribution in [2.24, 2.45) is 0 Å². The van der Waals surface area contributed by atoms with Crippen LogP contribution in [0.2, 0.25) is 5.02 Å². The Labute approximate surface area is 181 Å². The Morgan fingerprint density at radius 1 is 1.13 bits per heavy atom. The van der Waals surface area contributed by atoms with E-state index in [0.717, 1.165) is 0 Å². The molecule has 8 heteroatoms. The predicted octanol–water partition coefficient (Wildman–Crippen LogP) is 4.75. The van der Waals surface area contributed by atoms with Gasteiger partial charge in [-0.25, -0.2) is 9.37 Å². The molecule has 1 heterocycles. The molecule has 0 unspecified atom stereocenters. The fourth-order valence-electron chi connectivity index (χ4n) is 3.34. The van der Waals surface area contributed by atoms with Crippen molar-refractivity contribution in [1.82, 2.24) is 9.55 Å². The van der Waals surface area contributed by atoms with Gasteiger partial charge in [0.15, 0.2) is 0 Å². The first-order valence-electron chi connectivity index (χ1n) is 9.32. The molecule has 0 aliphatic carbocycles. The summed E-state index contributed by atoms with van der Waals surface area (Å²) in [6.45, 7) is 1.69. The number of carbonyl (C=O) groups is 1. The third-order valence-corrected chi connectivity index (χ3v) is 5.04. The molecule has 6 nitrogen and oxygen atoms in total. The van der Waals surface area contributed by atoms with Gasteiger partial charge in [-0.05, 0) is 55.5 Å². The first-order valence-corrected chi connectivity index (χ1v) is 9.70. The van der Waals surface area contributed by atoms with Crippen LogP contribution in [0, 0.1) is 12.7 Å². The quantitative estimate of drug-likeness (QED) is 0.500. The van der Waals surface area contributed by atoms with Crippen LogP contribution in [0.4, 0.5) is 10.1 Å². The maximum atomic E-state index is 14.5. The molecule has 0 bridgehead atoms. The Morgan fingerprint density at radius 3 is 2.68 bits per heavy atom. The van der Waals surface area contributed by atoms with Crippen LogP contribution in [-0.2, 0) is 0 Å². The van der Waals surface area contributed by atoms with E-state index in [-0.39, 0.29) is 16.8 Å². The van der Waals surface area contributed by atoms with Gasteiger partial charge in [0.2, 0.25) is 0 Å². The zero-order valence-corrected chi connectivity index (χ0v) is 17.4. The molecule has 1 amide bonds. The number of halogens is 2. The van der Waals surface area contributed by atoms with Crippen LogP contribution in [0.1, 0.15) is 16.2 Å². The van der Waals surface area contributed by atoms with Crippen LogP contribution in [0.3, 0.4) is 0 Å². The lowest BCUT2D eigenvalue weighted by atomic mass is 10.1. The summed E-state index contributed by atoms with van der Waals surface area (Å²) in [6, 6.07) is 15.6. The Bertz CT molecular complexity index is 1380. The first kappa shape index (κ1) is 20.6. The number of anilines is 1. The van der Waals surface area contributed by atoms with E-state index in [9.17, 15) is 14.0 Å². The lowest BCUT2D eigenvalue weighted by Gasteiger charge is -2.14. The SMILES string of the molecule is COc1ccc(Cl)cc1C(=O)Nc1cc(-n2c(C)nc3ccccc3c2=O)ccc1F. The summed E-state index contributed by atoms with van der Waals surface area (Å²) in [4.78, 5) is 30.2. The highest BCUT2D eigenvalue weighted by molar-refractivity contribution is 6.31. The summed E-state index contributed by atoms with van der Waals surface area (Å²) >= 11 is 5.99. The second kappa shape index (κ2) is 8.20. The van der Waals surface area contributed by atoms with Crippen molar-refractivity contribution in [1.29, 1.82) is 0 Å². The summed E-state index contributed by atoms with van der Waals surface area (Å²) in [5.74, 6) is -0.526. The maximum Gasteiger partial charge on any atom is 0.265 e. The number of ether oxygens (including phenoxy) is 1. The maximum absolute atomic E-state index is 14.5. The zero-order valence-electron chi connectivity index (χ0n) is 16.6. The van der Waals surface area contributed by atoms with Crippen molar-refractivity contribution in [3.05, 3.63) is 93.2 Å². The molecule has 1 aromatic heterocycles. The number of nitrogens with zero attached hydrogens (tertiary/aromatic N) is 2. The molecule has 0 saturated heterocycles. The topological polar surface area (TPSA) is 73.2 Å². The number of amides is 1. The highest BCUT2D eigenvalue weighted by Crippen LogP contribution is 2.25. The molecule has 156 valence electrons. The van der Waals surface area contributed by atoms with Gasteiger partial charge < -0.3 is 10.1 Å². The number of fused-ring (bicyclic) bond motifs is 1. The van der Waals surface area contributed by atoms with Crippen LogP contribution < -0.4 is 15.6 Å². The minimum Gasteiger partial charge on any atom is -0.496 e. The van der Waals surface area contributed by atoms with Crippen molar-refractivity contribution in [3.8, 4) is 11.4 Å². The average molecular weight is 438 g/mol. The van der Waals surface area contributed by atoms with Crippen molar-refractivity contribution in [3.63, 3.8) is 0 Å². The number of hydrogen-bond donors (Lipinski definition) is 1. The molecule has 0 aliphatic rings. The van der Waals surface area contributed by atoms with Gasteiger partial charge in [-0.3, -0.25) is 14.2 Å². The zero-order chi connectivity index (χ0) is 22.1. The molecule has 3 aromatic carbocycles. The van der Waals surface area contributed by atoms with E-state index < -0.39 is 11.7 Å². The molecular weight excluding hydrogens is 421 g/mol. The van der Waals surface area contributed by atoms with Gasteiger partial charge in [-0.15, -0.1) is 0 Å². The lowest BCUT2D eigenvalue weighted by molar-refractivity contribution is 0.102. The molecule has 0 radical (unpaired) electrons. The van der Waals surface area contributed by atoms with Crippen LogP contribution in [0.15, 0.2) is 65.5 Å². The number of nitrogens with one attached hydrogen (secondary N) is 1. The minimum absolute atomic E-state index is 0.0935. The van der Waals surface area contributed by atoms with Crippen molar-refractivity contribution in [2.45, 2.75) is 6.92 Å². The van der Waals surface area contributed by atoms with Gasteiger partial charge in [0, 0.05) is 5.02 Å². The summed E-state index contributed by atoms with van der Waals surface area (Å²) in [6.07, 6.45) is 0. The Morgan fingerprint density at radius 2 is 1.90 bits per heavy atom. The number of aromatic nitrogens is 2. The Kier molecular flexibility index (Phi) is 5.44. The third kappa shape index (κ3) is 3.87. The third-order valence-electron chi connectivity index (χ3n) is 4.81. The molecule has 0 fully saturated rings. The molecule has 4 aromatic rings. The monoisotopic (exact) mass is 437 g/mol. The Balaban J connectivity index is 1.77. The van der Waals surface area contributed by atoms with Crippen LogP contribution in [-0.4, -0.2) is 22.6 Å². The second-order valence-electron chi connectivity index (χ2n) is 6.78. The molecule has 0 saturated carbocycles. The second-order valence-corrected chi connectivity index (χ2v) is 7.22. The summed E-state index contributed by atoms with van der Waals surface area (Å²) < 4.78 is 21.1. The van der Waals surface area contributed by atoms with E-state index in [0.29, 0.717) is 33.2 Å². The number of methoxy groups -OCH3 is 1. The highest BCUT2D eigenvalue weighted by atomic mass is 35.5. The lowest BCUT2D eigenvalue weighted by Crippen LogP contribution is -2.22. The summed E-state index contributed by atoms with van der Waals surface area (Å²) in [7, 11) is 1.42. The predicted molar refractivity (Wildman–Crippen MR) is 118 cm³/mol. The van der Waals surface area contributed by atoms with E-state index in [1.807, 2.05) is 0 Å². The highest BCUT2D eigenvalue weighted by Gasteiger charge is 2.17. The number of hydrogen-bond acceptors (Lipinski definition) is 4. The summed E-state index contributed by atoms with van der Waals surface area (Å²) in [5, 5.41) is 3.30. The number of benzene rings is 3. The van der Waals surface area contributed by atoms with Crippen molar-refractivity contribution < 1.29 is 13.9 Å². The molecule has 0 spiro atoms. The van der Waals surface area contributed by atoms with Gasteiger partial charge in [-0.1, -0.05) is 23.7 Å². The summed E-state index contributed by atoms with van der Waals surface area (Å²) in [5.41, 5.74) is 0.716. The van der Waals surface area contributed by atoms with E-state index >= 15 is 0 Å². The standard InChI is InChI=1S/C23H17ClFN3O3/c1-13-26-19-6-4-3-5-16(19)23(30)28(13)15-8-9-18(25)20(12-15)27-22(29)17-11-14(24)7-10-21(17)31-2/h3-12H,1-2H3,(H,27,29). The normalized spacial score (nSPS) is 10.8. The van der Waals surface area contributed by atoms with Crippen molar-refractivity contribution in [2.75, 3.05) is 12.4 Å².